The third-order valence-electron chi connectivity index (χ3n) is 7.64. The van der Waals surface area contributed by atoms with Crippen molar-refractivity contribution < 1.29 is 32.7 Å². The Morgan fingerprint density at radius 3 is 2.22 bits per heavy atom. The summed E-state index contributed by atoms with van der Waals surface area (Å²) in [6.07, 6.45) is 1.30. The number of urea groups is 1. The number of ether oxygens (including phenoxy) is 1. The van der Waals surface area contributed by atoms with Crippen LogP contribution in [0.4, 0.5) is 18.4 Å². The van der Waals surface area contributed by atoms with Crippen molar-refractivity contribution in [1.29, 1.82) is 0 Å². The maximum absolute atomic E-state index is 14.7. The molecule has 0 spiro atoms. The number of ketones is 1. The molecule has 0 unspecified atom stereocenters. The van der Waals surface area contributed by atoms with Gasteiger partial charge in [-0.05, 0) is 63.1 Å². The molecule has 9 nitrogen and oxygen atoms in total. The van der Waals surface area contributed by atoms with Crippen molar-refractivity contribution in [3.8, 4) is 0 Å². The molecule has 1 saturated carbocycles. The number of amides is 4. The Morgan fingerprint density at radius 1 is 1.00 bits per heavy atom. The zero-order valence-corrected chi connectivity index (χ0v) is 23.7. The lowest BCUT2D eigenvalue weighted by Crippen LogP contribution is -2.64. The molecule has 41 heavy (non-hydrogen) atoms. The molecule has 11 heteroatoms. The first kappa shape index (κ1) is 31.5. The summed E-state index contributed by atoms with van der Waals surface area (Å²) in [5.74, 6) is -3.23. The number of benzene rings is 2. The van der Waals surface area contributed by atoms with Crippen LogP contribution in [-0.4, -0.2) is 61.0 Å². The van der Waals surface area contributed by atoms with E-state index in [9.17, 15) is 28.0 Å². The van der Waals surface area contributed by atoms with Crippen LogP contribution in [0, 0.1) is 11.6 Å². The highest BCUT2D eigenvalue weighted by Crippen LogP contribution is 2.43. The molecule has 2 atom stereocenters. The van der Waals surface area contributed by atoms with Gasteiger partial charge in [0.25, 0.3) is 5.91 Å². The van der Waals surface area contributed by atoms with Gasteiger partial charge in [-0.15, -0.1) is 0 Å². The first-order valence-electron chi connectivity index (χ1n) is 13.8. The number of halogens is 2. The summed E-state index contributed by atoms with van der Waals surface area (Å²) in [4.78, 5) is 53.1. The van der Waals surface area contributed by atoms with Crippen molar-refractivity contribution in [3.05, 3.63) is 71.3 Å². The molecule has 0 aliphatic heterocycles. The standard InChI is InChI=1S/C30H38F2N4O5/c1-20(21-11-5-4-6-12-21)35-27(38)26(37)25(15-7-8-18-34-28(39)33-2)36(29(40)41-3)30(16-10-17-30)19-22-23(31)13-9-14-24(22)32/h4-6,9,11-14,20,25H,7-8,10,15-19H2,1-3H3,(H,35,38)(H2,33,34,39)/t20-,25+/m1/s1. The summed E-state index contributed by atoms with van der Waals surface area (Å²) in [5, 5.41) is 7.83. The lowest BCUT2D eigenvalue weighted by Gasteiger charge is -2.52. The zero-order chi connectivity index (χ0) is 30.0. The van der Waals surface area contributed by atoms with E-state index in [1.54, 1.807) is 6.92 Å². The Balaban J connectivity index is 1.91. The van der Waals surface area contributed by atoms with Crippen LogP contribution in [0.5, 0.6) is 0 Å². The number of nitrogens with one attached hydrogen (secondary N) is 3. The molecule has 0 aromatic heterocycles. The second-order valence-electron chi connectivity index (χ2n) is 10.3. The molecular weight excluding hydrogens is 534 g/mol. The summed E-state index contributed by atoms with van der Waals surface area (Å²) < 4.78 is 34.5. The highest BCUT2D eigenvalue weighted by molar-refractivity contribution is 6.38. The SMILES string of the molecule is CNC(=O)NCCCC[C@@H](C(=O)C(=O)N[C@H](C)c1ccccc1)N(C(=O)OC)C1(Cc2c(F)cccc2F)CCC1. The number of rotatable bonds is 13. The maximum Gasteiger partial charge on any atom is 0.410 e. The molecule has 2 aromatic carbocycles. The van der Waals surface area contributed by atoms with E-state index >= 15 is 0 Å². The molecule has 0 bridgehead atoms. The number of carbonyl (C=O) groups excluding carboxylic acids is 4. The van der Waals surface area contributed by atoms with Crippen molar-refractivity contribution in [1.82, 2.24) is 20.9 Å². The van der Waals surface area contributed by atoms with Crippen molar-refractivity contribution in [2.45, 2.75) is 69.5 Å². The predicted octanol–water partition coefficient (Wildman–Crippen LogP) is 4.41. The van der Waals surface area contributed by atoms with E-state index in [0.29, 0.717) is 38.6 Å². The minimum atomic E-state index is -1.25. The van der Waals surface area contributed by atoms with E-state index in [2.05, 4.69) is 16.0 Å². The average molecular weight is 573 g/mol. The van der Waals surface area contributed by atoms with Crippen LogP contribution in [0.25, 0.3) is 0 Å². The Hall–Kier alpha value is -4.02. The van der Waals surface area contributed by atoms with E-state index < -0.39 is 47.0 Å². The molecule has 1 fully saturated rings. The zero-order valence-electron chi connectivity index (χ0n) is 23.7. The van der Waals surface area contributed by atoms with Crippen LogP contribution >= 0.6 is 0 Å². The van der Waals surface area contributed by atoms with E-state index in [4.69, 9.17) is 4.74 Å². The fraction of sp³-hybridized carbons (Fsp3) is 0.467. The molecular formula is C30H38F2N4O5. The summed E-state index contributed by atoms with van der Waals surface area (Å²) in [6.45, 7) is 2.05. The number of Topliss-reactive ketones (excluding diaryl/α,β-unsaturated/α-hetero) is 1. The Kier molecular flexibility index (Phi) is 11.2. The van der Waals surface area contributed by atoms with Crippen LogP contribution in [0.1, 0.15) is 62.6 Å². The fourth-order valence-electron chi connectivity index (χ4n) is 5.24. The first-order chi connectivity index (χ1) is 19.6. The minimum Gasteiger partial charge on any atom is -0.453 e. The predicted molar refractivity (Wildman–Crippen MR) is 149 cm³/mol. The van der Waals surface area contributed by atoms with Crippen LogP contribution in [0.2, 0.25) is 0 Å². The molecule has 2 aromatic rings. The van der Waals surface area contributed by atoms with Crippen LogP contribution < -0.4 is 16.0 Å². The van der Waals surface area contributed by atoms with E-state index in [1.807, 2.05) is 30.3 Å². The summed E-state index contributed by atoms with van der Waals surface area (Å²) in [6, 6.07) is 10.6. The van der Waals surface area contributed by atoms with Gasteiger partial charge in [0.2, 0.25) is 5.78 Å². The van der Waals surface area contributed by atoms with Crippen molar-refractivity contribution in [2.75, 3.05) is 20.7 Å². The average Bonchev–Trinajstić information content (AvgIpc) is 2.95. The van der Waals surface area contributed by atoms with Crippen molar-refractivity contribution >= 4 is 23.8 Å². The molecule has 3 rings (SSSR count). The molecule has 4 amide bonds. The Labute approximate surface area is 239 Å². The van der Waals surface area contributed by atoms with Gasteiger partial charge in [0.15, 0.2) is 0 Å². The number of unbranched alkanes of at least 4 members (excludes halogenated alkanes) is 1. The first-order valence-corrected chi connectivity index (χ1v) is 13.8. The summed E-state index contributed by atoms with van der Waals surface area (Å²) >= 11 is 0. The number of hydrogen-bond donors (Lipinski definition) is 3. The molecule has 3 N–H and O–H groups in total. The largest absolute Gasteiger partial charge is 0.453 e. The molecule has 0 radical (unpaired) electrons. The molecule has 222 valence electrons. The molecule has 0 heterocycles. The van der Waals surface area contributed by atoms with Crippen LogP contribution in [-0.2, 0) is 20.7 Å². The topological polar surface area (TPSA) is 117 Å². The van der Waals surface area contributed by atoms with Gasteiger partial charge in [0, 0.05) is 25.6 Å². The van der Waals surface area contributed by atoms with Crippen LogP contribution in [0.15, 0.2) is 48.5 Å². The van der Waals surface area contributed by atoms with Gasteiger partial charge in [0.1, 0.15) is 17.7 Å². The van der Waals surface area contributed by atoms with Gasteiger partial charge in [-0.3, -0.25) is 14.5 Å². The van der Waals surface area contributed by atoms with Gasteiger partial charge in [0.05, 0.1) is 18.7 Å². The lowest BCUT2D eigenvalue weighted by atomic mass is 9.70. The van der Waals surface area contributed by atoms with Gasteiger partial charge in [-0.2, -0.15) is 0 Å². The van der Waals surface area contributed by atoms with Crippen molar-refractivity contribution in [3.63, 3.8) is 0 Å². The van der Waals surface area contributed by atoms with E-state index in [-0.39, 0.29) is 24.4 Å². The fourth-order valence-corrected chi connectivity index (χ4v) is 5.24. The number of carbonyl (C=O) groups is 4. The van der Waals surface area contributed by atoms with Crippen LogP contribution in [0.3, 0.4) is 0 Å². The van der Waals surface area contributed by atoms with Gasteiger partial charge in [-0.1, -0.05) is 36.4 Å². The number of methoxy groups -OCH3 is 1. The van der Waals surface area contributed by atoms with Gasteiger partial charge in [-0.25, -0.2) is 18.4 Å². The lowest BCUT2D eigenvalue weighted by molar-refractivity contribution is -0.143. The Morgan fingerprint density at radius 2 is 1.66 bits per heavy atom. The smallest absolute Gasteiger partial charge is 0.410 e. The maximum atomic E-state index is 14.7. The normalized spacial score (nSPS) is 15.0. The van der Waals surface area contributed by atoms with Gasteiger partial charge < -0.3 is 20.7 Å². The molecule has 1 aliphatic rings. The highest BCUT2D eigenvalue weighted by atomic mass is 19.1. The van der Waals surface area contributed by atoms with E-state index in [0.717, 1.165) is 24.8 Å². The minimum absolute atomic E-state index is 0.0813. The second kappa shape index (κ2) is 14.6. The number of hydrogen-bond acceptors (Lipinski definition) is 5. The molecule has 1 aliphatic carbocycles. The Bertz CT molecular complexity index is 1200. The third kappa shape index (κ3) is 7.80. The van der Waals surface area contributed by atoms with E-state index in [1.165, 1.54) is 18.0 Å². The second-order valence-corrected chi connectivity index (χ2v) is 10.3. The van der Waals surface area contributed by atoms with Gasteiger partial charge >= 0.3 is 12.1 Å². The third-order valence-corrected chi connectivity index (χ3v) is 7.64. The summed E-state index contributed by atoms with van der Waals surface area (Å²) in [7, 11) is 2.65. The highest BCUT2D eigenvalue weighted by Gasteiger charge is 2.51. The number of nitrogens with zero attached hydrogens (tertiary/aromatic N) is 1. The quantitative estimate of drug-likeness (QED) is 0.243. The molecule has 0 saturated heterocycles. The summed E-state index contributed by atoms with van der Waals surface area (Å²) in [5.41, 5.74) is -0.521. The monoisotopic (exact) mass is 572 g/mol. The van der Waals surface area contributed by atoms with Crippen molar-refractivity contribution in [2.24, 2.45) is 0 Å².